The van der Waals surface area contributed by atoms with Gasteiger partial charge in [-0.15, -0.1) is 0 Å². The van der Waals surface area contributed by atoms with Crippen LogP contribution in [0, 0.1) is 0 Å². The van der Waals surface area contributed by atoms with E-state index in [1.54, 1.807) is 0 Å². The van der Waals surface area contributed by atoms with Crippen LogP contribution in [0.3, 0.4) is 0 Å². The van der Waals surface area contributed by atoms with Gasteiger partial charge in [-0.3, -0.25) is 4.98 Å². The highest BCUT2D eigenvalue weighted by atomic mass is 15.0. The molecular weight excluding hydrogens is 208 g/mol. The quantitative estimate of drug-likeness (QED) is 0.863. The van der Waals surface area contributed by atoms with Crippen LogP contribution >= 0.6 is 0 Å². The Kier molecular flexibility index (Phi) is 3.89. The highest BCUT2D eigenvalue weighted by Gasteiger charge is 2.10. The zero-order valence-electron chi connectivity index (χ0n) is 10.3. The molecule has 1 aromatic heterocycles. The summed E-state index contributed by atoms with van der Waals surface area (Å²) in [5.74, 6) is 0. The predicted octanol–water partition coefficient (Wildman–Crippen LogP) is 3.49. The summed E-state index contributed by atoms with van der Waals surface area (Å²) in [6.07, 6.45) is 1.83. The van der Waals surface area contributed by atoms with Crippen LogP contribution in [0.1, 0.15) is 37.2 Å². The average Bonchev–Trinajstić information content (AvgIpc) is 2.40. The number of nitrogens with one attached hydrogen (secondary N) is 1. The summed E-state index contributed by atoms with van der Waals surface area (Å²) in [4.78, 5) is 4.36. The van der Waals surface area contributed by atoms with Crippen LogP contribution in [0.15, 0.2) is 54.7 Å². The molecular formula is C15H18N2. The summed E-state index contributed by atoms with van der Waals surface area (Å²) in [6.45, 7) is 4.32. The SMILES string of the molecule is C[C@H](N[C@@H](C)c1ccccn1)c1ccccc1. The third-order valence-electron chi connectivity index (χ3n) is 2.93. The van der Waals surface area contributed by atoms with Crippen LogP contribution in [-0.2, 0) is 0 Å². The number of hydrogen-bond acceptors (Lipinski definition) is 2. The Bertz CT molecular complexity index is 395. The first-order valence-corrected chi connectivity index (χ1v) is 5.99. The Hall–Kier alpha value is -1.67. The number of benzene rings is 1. The molecule has 2 rings (SSSR count). The molecule has 0 fully saturated rings. The first-order valence-electron chi connectivity index (χ1n) is 5.99. The highest BCUT2D eigenvalue weighted by Crippen LogP contribution is 2.17. The largest absolute Gasteiger partial charge is 0.302 e. The summed E-state index contributed by atoms with van der Waals surface area (Å²) >= 11 is 0. The maximum absolute atomic E-state index is 4.36. The molecule has 1 heterocycles. The summed E-state index contributed by atoms with van der Waals surface area (Å²) in [7, 11) is 0. The van der Waals surface area contributed by atoms with Gasteiger partial charge in [0.25, 0.3) is 0 Å². The zero-order valence-corrected chi connectivity index (χ0v) is 10.3. The van der Waals surface area contributed by atoms with Gasteiger partial charge in [-0.25, -0.2) is 0 Å². The number of hydrogen-bond donors (Lipinski definition) is 1. The fourth-order valence-electron chi connectivity index (χ4n) is 1.93. The van der Waals surface area contributed by atoms with Crippen LogP contribution in [0.5, 0.6) is 0 Å². The van der Waals surface area contributed by atoms with Crippen molar-refractivity contribution in [1.82, 2.24) is 10.3 Å². The molecule has 0 aliphatic carbocycles. The first kappa shape index (κ1) is 11.8. The second-order valence-corrected chi connectivity index (χ2v) is 4.28. The van der Waals surface area contributed by atoms with Crippen LogP contribution in [0.2, 0.25) is 0 Å². The van der Waals surface area contributed by atoms with Crippen LogP contribution in [-0.4, -0.2) is 4.98 Å². The average molecular weight is 226 g/mol. The number of aromatic nitrogens is 1. The van der Waals surface area contributed by atoms with Crippen molar-refractivity contribution < 1.29 is 0 Å². The number of pyridine rings is 1. The molecule has 0 aliphatic heterocycles. The van der Waals surface area contributed by atoms with Crippen LogP contribution < -0.4 is 5.32 Å². The minimum atomic E-state index is 0.256. The number of rotatable bonds is 4. The van der Waals surface area contributed by atoms with Crippen LogP contribution in [0.25, 0.3) is 0 Å². The van der Waals surface area contributed by atoms with Crippen molar-refractivity contribution in [3.63, 3.8) is 0 Å². The lowest BCUT2D eigenvalue weighted by Crippen LogP contribution is -2.23. The van der Waals surface area contributed by atoms with Gasteiger partial charge in [-0.2, -0.15) is 0 Å². The molecule has 17 heavy (non-hydrogen) atoms. The van der Waals surface area contributed by atoms with E-state index >= 15 is 0 Å². The smallest absolute Gasteiger partial charge is 0.0570 e. The van der Waals surface area contributed by atoms with Gasteiger partial charge < -0.3 is 5.32 Å². The summed E-state index contributed by atoms with van der Waals surface area (Å²) in [5.41, 5.74) is 2.38. The molecule has 2 nitrogen and oxygen atoms in total. The number of nitrogens with zero attached hydrogens (tertiary/aromatic N) is 1. The second kappa shape index (κ2) is 5.60. The fraction of sp³-hybridized carbons (Fsp3) is 0.267. The lowest BCUT2D eigenvalue weighted by atomic mass is 10.1. The van der Waals surface area contributed by atoms with Crippen molar-refractivity contribution in [2.45, 2.75) is 25.9 Å². The molecule has 0 spiro atoms. The maximum atomic E-state index is 4.36. The molecule has 1 aromatic carbocycles. The van der Waals surface area contributed by atoms with E-state index in [4.69, 9.17) is 0 Å². The standard InChI is InChI=1S/C15H18N2/c1-12(14-8-4-3-5-9-14)17-13(2)15-10-6-7-11-16-15/h3-13,17H,1-2H3/t12-,13-/m0/s1. The second-order valence-electron chi connectivity index (χ2n) is 4.28. The Morgan fingerprint density at radius 1 is 0.882 bits per heavy atom. The topological polar surface area (TPSA) is 24.9 Å². The van der Waals surface area contributed by atoms with E-state index in [1.807, 2.05) is 24.4 Å². The van der Waals surface area contributed by atoms with Gasteiger partial charge in [-0.05, 0) is 31.5 Å². The molecule has 0 aliphatic rings. The molecule has 1 N–H and O–H groups in total. The zero-order chi connectivity index (χ0) is 12.1. The molecule has 88 valence electrons. The van der Waals surface area contributed by atoms with E-state index in [-0.39, 0.29) is 6.04 Å². The van der Waals surface area contributed by atoms with Crippen molar-refractivity contribution in [2.24, 2.45) is 0 Å². The van der Waals surface area contributed by atoms with Crippen molar-refractivity contribution in [3.8, 4) is 0 Å². The van der Waals surface area contributed by atoms with Crippen molar-refractivity contribution >= 4 is 0 Å². The molecule has 0 amide bonds. The molecule has 0 radical (unpaired) electrons. The van der Waals surface area contributed by atoms with Gasteiger partial charge in [-0.1, -0.05) is 36.4 Å². The van der Waals surface area contributed by atoms with E-state index in [2.05, 4.69) is 54.5 Å². The molecule has 2 atom stereocenters. The summed E-state index contributed by atoms with van der Waals surface area (Å²) in [5, 5.41) is 3.55. The van der Waals surface area contributed by atoms with Gasteiger partial charge in [0, 0.05) is 18.3 Å². The normalized spacial score (nSPS) is 14.2. The molecule has 0 saturated heterocycles. The highest BCUT2D eigenvalue weighted by molar-refractivity contribution is 5.19. The van der Waals surface area contributed by atoms with E-state index in [0.717, 1.165) is 5.69 Å². The van der Waals surface area contributed by atoms with E-state index < -0.39 is 0 Å². The Balaban J connectivity index is 2.02. The third kappa shape index (κ3) is 3.14. The molecule has 0 unspecified atom stereocenters. The molecule has 2 heteroatoms. The van der Waals surface area contributed by atoms with Crippen molar-refractivity contribution in [3.05, 3.63) is 66.0 Å². The minimum Gasteiger partial charge on any atom is -0.302 e. The minimum absolute atomic E-state index is 0.256. The monoisotopic (exact) mass is 226 g/mol. The van der Waals surface area contributed by atoms with Crippen molar-refractivity contribution in [1.29, 1.82) is 0 Å². The fourth-order valence-corrected chi connectivity index (χ4v) is 1.93. The molecule has 2 aromatic rings. The summed E-state index contributed by atoms with van der Waals surface area (Å²) in [6, 6.07) is 17.1. The Morgan fingerprint density at radius 2 is 1.59 bits per heavy atom. The van der Waals surface area contributed by atoms with Gasteiger partial charge in [0.2, 0.25) is 0 Å². The van der Waals surface area contributed by atoms with Crippen LogP contribution in [0.4, 0.5) is 0 Å². The van der Waals surface area contributed by atoms with Gasteiger partial charge >= 0.3 is 0 Å². The predicted molar refractivity (Wildman–Crippen MR) is 70.6 cm³/mol. The Labute approximate surface area is 103 Å². The van der Waals surface area contributed by atoms with E-state index in [1.165, 1.54) is 5.56 Å². The summed E-state index contributed by atoms with van der Waals surface area (Å²) < 4.78 is 0. The lowest BCUT2D eigenvalue weighted by Gasteiger charge is -2.19. The van der Waals surface area contributed by atoms with Gasteiger partial charge in [0.15, 0.2) is 0 Å². The Morgan fingerprint density at radius 3 is 2.24 bits per heavy atom. The van der Waals surface area contributed by atoms with E-state index in [9.17, 15) is 0 Å². The van der Waals surface area contributed by atoms with Crippen molar-refractivity contribution in [2.75, 3.05) is 0 Å². The molecule has 0 saturated carbocycles. The third-order valence-corrected chi connectivity index (χ3v) is 2.93. The molecule has 0 bridgehead atoms. The van der Waals surface area contributed by atoms with Gasteiger partial charge in [0.1, 0.15) is 0 Å². The maximum Gasteiger partial charge on any atom is 0.0570 e. The lowest BCUT2D eigenvalue weighted by molar-refractivity contribution is 0.486. The van der Waals surface area contributed by atoms with E-state index in [0.29, 0.717) is 6.04 Å². The first-order chi connectivity index (χ1) is 8.27. The van der Waals surface area contributed by atoms with Gasteiger partial charge in [0.05, 0.1) is 5.69 Å².